The number of nitrogens with one attached hydrogen (secondary N) is 2. The lowest BCUT2D eigenvalue weighted by molar-refractivity contribution is -0.0211. The van der Waals surface area contributed by atoms with E-state index >= 15 is 0 Å². The summed E-state index contributed by atoms with van der Waals surface area (Å²) < 4.78 is 18.8. The number of primary amides is 1. The SMILES string of the molecule is COc1ccc(CNc2sc3cc(C(C)C)cnc3c2C(=O)Nc2cnccc2N2C[C@H](C)[C@@H](O[Si](C)(C)C(C)(C)C)[C@H](OC(N)=O)C2)cc1. The van der Waals surface area contributed by atoms with E-state index in [0.717, 1.165) is 32.3 Å². The van der Waals surface area contributed by atoms with Gasteiger partial charge in [-0.3, -0.25) is 14.8 Å². The molecule has 0 aliphatic carbocycles. The van der Waals surface area contributed by atoms with Crippen LogP contribution in [0.25, 0.3) is 10.2 Å². The van der Waals surface area contributed by atoms with Gasteiger partial charge in [-0.2, -0.15) is 0 Å². The zero-order chi connectivity index (χ0) is 36.4. The number of anilines is 3. The van der Waals surface area contributed by atoms with Crippen LogP contribution >= 0.6 is 11.3 Å². The summed E-state index contributed by atoms with van der Waals surface area (Å²) in [5, 5.41) is 7.33. The van der Waals surface area contributed by atoms with Crippen molar-refractivity contribution >= 4 is 58.2 Å². The predicted molar refractivity (Wildman–Crippen MR) is 204 cm³/mol. The van der Waals surface area contributed by atoms with Crippen molar-refractivity contribution < 1.29 is 23.5 Å². The van der Waals surface area contributed by atoms with Crippen molar-refractivity contribution in [2.45, 2.75) is 84.3 Å². The molecule has 0 spiro atoms. The second-order valence-corrected chi connectivity index (χ2v) is 20.6. The van der Waals surface area contributed by atoms with Crippen LogP contribution in [0, 0.1) is 5.92 Å². The minimum Gasteiger partial charge on any atom is -0.497 e. The van der Waals surface area contributed by atoms with Gasteiger partial charge in [-0.1, -0.05) is 53.7 Å². The smallest absolute Gasteiger partial charge is 0.404 e. The summed E-state index contributed by atoms with van der Waals surface area (Å²) in [5.74, 6) is 0.762. The van der Waals surface area contributed by atoms with Crippen LogP contribution in [0.3, 0.4) is 0 Å². The second-order valence-electron chi connectivity index (χ2n) is 14.8. The van der Waals surface area contributed by atoms with Crippen molar-refractivity contribution in [3.8, 4) is 5.75 Å². The monoisotopic (exact) mass is 718 g/mol. The Hall–Kier alpha value is -4.20. The fourth-order valence-electron chi connectivity index (χ4n) is 5.89. The van der Waals surface area contributed by atoms with Crippen LogP contribution in [-0.4, -0.2) is 62.7 Å². The Morgan fingerprint density at radius 1 is 1.12 bits per heavy atom. The molecule has 1 aromatic carbocycles. The average Bonchev–Trinajstić information content (AvgIpc) is 3.42. The highest BCUT2D eigenvalue weighted by molar-refractivity contribution is 7.23. The van der Waals surface area contributed by atoms with Gasteiger partial charge in [-0.15, -0.1) is 11.3 Å². The number of nitrogens with zero attached hydrogens (tertiary/aromatic N) is 3. The van der Waals surface area contributed by atoms with Crippen LogP contribution in [0.5, 0.6) is 5.75 Å². The lowest BCUT2D eigenvalue weighted by Crippen LogP contribution is -2.59. The van der Waals surface area contributed by atoms with Gasteiger partial charge in [-0.25, -0.2) is 4.79 Å². The standard InChI is InChI=1S/C37H50N6O5SSi/c1-22(2)25-16-30-32(40-18-25)31(35(49-30)41-17-24-10-12-26(46-7)13-11-24)34(44)42-27-19-39-15-14-28(27)43-20-23(3)33(29(21-43)47-36(38)45)48-50(8,9)37(4,5)6/h10-16,18-19,22-23,29,33,41H,17,20-21H2,1-9H3,(H2,38,45)(H,42,44)/t23-,29+,33+/m0/s1. The van der Waals surface area contributed by atoms with Gasteiger partial charge >= 0.3 is 6.09 Å². The number of nitrogens with two attached hydrogens (primary N) is 1. The molecule has 11 nitrogen and oxygen atoms in total. The van der Waals surface area contributed by atoms with Gasteiger partial charge in [0.25, 0.3) is 5.91 Å². The number of fused-ring (bicyclic) bond motifs is 1. The quantitative estimate of drug-likeness (QED) is 0.132. The van der Waals surface area contributed by atoms with Crippen LogP contribution in [0.15, 0.2) is 55.0 Å². The van der Waals surface area contributed by atoms with Crippen LogP contribution < -0.4 is 26.0 Å². The van der Waals surface area contributed by atoms with Gasteiger partial charge in [-0.05, 0) is 59.4 Å². The normalized spacial score (nSPS) is 18.3. The summed E-state index contributed by atoms with van der Waals surface area (Å²) in [6.07, 6.45) is 3.41. The van der Waals surface area contributed by atoms with Gasteiger partial charge in [0.05, 0.1) is 47.5 Å². The number of aromatic nitrogens is 2. The highest BCUT2D eigenvalue weighted by Crippen LogP contribution is 2.41. The van der Waals surface area contributed by atoms with Crippen molar-refractivity contribution in [2.24, 2.45) is 11.7 Å². The fourth-order valence-corrected chi connectivity index (χ4v) is 8.41. The molecule has 1 fully saturated rings. The van der Waals surface area contributed by atoms with Crippen LogP contribution in [0.4, 0.5) is 21.2 Å². The molecule has 5 rings (SSSR count). The van der Waals surface area contributed by atoms with Gasteiger partial charge in [0.1, 0.15) is 22.4 Å². The fraction of sp³-hybridized carbons (Fsp3) is 0.459. The molecule has 1 aliphatic heterocycles. The number of benzene rings is 1. The summed E-state index contributed by atoms with van der Waals surface area (Å²) in [5.41, 5.74) is 10.1. The molecule has 1 saturated heterocycles. The summed E-state index contributed by atoms with van der Waals surface area (Å²) in [4.78, 5) is 37.6. The third kappa shape index (κ3) is 8.22. The first-order valence-corrected chi connectivity index (χ1v) is 20.7. The van der Waals surface area contributed by atoms with E-state index in [9.17, 15) is 9.59 Å². The number of amides is 2. The van der Waals surface area contributed by atoms with Crippen LogP contribution in [0.2, 0.25) is 18.1 Å². The van der Waals surface area contributed by atoms with E-state index in [0.29, 0.717) is 42.3 Å². The van der Waals surface area contributed by atoms with Crippen molar-refractivity contribution in [2.75, 3.05) is 35.7 Å². The zero-order valence-corrected chi connectivity index (χ0v) is 32.3. The van der Waals surface area contributed by atoms with E-state index in [2.05, 4.69) is 81.2 Å². The number of hydrogen-bond acceptors (Lipinski definition) is 10. The van der Waals surface area contributed by atoms with E-state index < -0.39 is 20.5 Å². The molecule has 0 bridgehead atoms. The lowest BCUT2D eigenvalue weighted by atomic mass is 9.93. The summed E-state index contributed by atoms with van der Waals surface area (Å²) >= 11 is 1.51. The molecule has 1 aliphatic rings. The van der Waals surface area contributed by atoms with Gasteiger partial charge in [0.15, 0.2) is 8.32 Å². The summed E-state index contributed by atoms with van der Waals surface area (Å²) in [6, 6.07) is 11.8. The molecule has 4 N–H and O–H groups in total. The summed E-state index contributed by atoms with van der Waals surface area (Å²) in [7, 11) is -0.556. The molecule has 3 atom stereocenters. The predicted octanol–water partition coefficient (Wildman–Crippen LogP) is 8.00. The lowest BCUT2D eigenvalue weighted by Gasteiger charge is -2.47. The third-order valence-electron chi connectivity index (χ3n) is 9.78. The van der Waals surface area contributed by atoms with E-state index in [1.54, 1.807) is 19.5 Å². The summed E-state index contributed by atoms with van der Waals surface area (Å²) in [6.45, 7) is 18.7. The zero-order valence-electron chi connectivity index (χ0n) is 30.5. The minimum absolute atomic E-state index is 0.00660. The minimum atomic E-state index is -2.20. The first kappa shape index (κ1) is 37.1. The number of hydrogen-bond donors (Lipinski definition) is 3. The highest BCUT2D eigenvalue weighted by atomic mass is 32.1. The topological polar surface area (TPSA) is 141 Å². The number of methoxy groups -OCH3 is 1. The van der Waals surface area contributed by atoms with E-state index in [1.807, 2.05) is 36.5 Å². The molecular weight excluding hydrogens is 669 g/mol. The second kappa shape index (κ2) is 15.0. The molecular formula is C37H50N6O5SSi. The number of carbonyl (C=O) groups is 2. The Bertz CT molecular complexity index is 1820. The molecule has 3 aromatic heterocycles. The maximum absolute atomic E-state index is 14.3. The highest BCUT2D eigenvalue weighted by Gasteiger charge is 2.46. The van der Waals surface area contributed by atoms with Crippen molar-refractivity contribution in [3.05, 3.63) is 71.7 Å². The Kier molecular flexibility index (Phi) is 11.1. The number of carbonyl (C=O) groups excluding carboxylic acids is 2. The molecule has 268 valence electrons. The van der Waals surface area contributed by atoms with Crippen molar-refractivity contribution in [1.82, 2.24) is 9.97 Å². The van der Waals surface area contributed by atoms with Crippen LogP contribution in [-0.2, 0) is 15.7 Å². The Morgan fingerprint density at radius 3 is 2.48 bits per heavy atom. The number of pyridine rings is 2. The molecule has 0 radical (unpaired) electrons. The molecule has 0 unspecified atom stereocenters. The molecule has 4 heterocycles. The number of thiophene rings is 1. The Balaban J connectivity index is 1.44. The molecule has 2 amide bonds. The number of ether oxygens (including phenoxy) is 2. The Labute approximate surface area is 300 Å². The van der Waals surface area contributed by atoms with E-state index in [4.69, 9.17) is 24.6 Å². The number of rotatable bonds is 11. The van der Waals surface area contributed by atoms with Crippen molar-refractivity contribution in [3.63, 3.8) is 0 Å². The molecule has 50 heavy (non-hydrogen) atoms. The van der Waals surface area contributed by atoms with E-state index in [-0.39, 0.29) is 23.0 Å². The van der Waals surface area contributed by atoms with Gasteiger partial charge < -0.3 is 35.2 Å². The van der Waals surface area contributed by atoms with Crippen molar-refractivity contribution in [1.29, 1.82) is 0 Å². The number of piperidine rings is 1. The largest absolute Gasteiger partial charge is 0.497 e. The molecule has 4 aromatic rings. The maximum Gasteiger partial charge on any atom is 0.404 e. The third-order valence-corrected chi connectivity index (χ3v) is 15.3. The Morgan fingerprint density at radius 2 is 1.84 bits per heavy atom. The maximum atomic E-state index is 14.3. The first-order valence-electron chi connectivity index (χ1n) is 17.0. The van der Waals surface area contributed by atoms with Gasteiger partial charge in [0, 0.05) is 31.4 Å². The first-order chi connectivity index (χ1) is 23.6. The van der Waals surface area contributed by atoms with E-state index in [1.165, 1.54) is 11.3 Å². The molecule has 13 heteroatoms. The van der Waals surface area contributed by atoms with Crippen LogP contribution in [0.1, 0.15) is 68.9 Å². The van der Waals surface area contributed by atoms with Gasteiger partial charge in [0.2, 0.25) is 0 Å². The average molecular weight is 719 g/mol. The molecule has 0 saturated carbocycles.